The summed E-state index contributed by atoms with van der Waals surface area (Å²) in [6, 6.07) is 7.52. The number of aryl methyl sites for hydroxylation is 2. The van der Waals surface area contributed by atoms with Crippen LogP contribution in [0, 0.1) is 18.3 Å². The summed E-state index contributed by atoms with van der Waals surface area (Å²) in [6.45, 7) is 8.68. The van der Waals surface area contributed by atoms with Gasteiger partial charge >= 0.3 is 0 Å². The molecule has 0 spiro atoms. The number of nitrogens with two attached hydrogens (primary N) is 1. The first kappa shape index (κ1) is 31.1. The molecule has 1 amide bonds. The number of aliphatic hydroxyl groups is 1. The number of nitrogens with zero attached hydrogens (tertiary/aromatic N) is 2. The number of amides is 1. The highest BCUT2D eigenvalue weighted by Crippen LogP contribution is 2.34. The van der Waals surface area contributed by atoms with Crippen LogP contribution in [-0.2, 0) is 20.8 Å². The van der Waals surface area contributed by atoms with E-state index in [-0.39, 0.29) is 36.9 Å². The van der Waals surface area contributed by atoms with Gasteiger partial charge in [0.15, 0.2) is 5.78 Å². The van der Waals surface area contributed by atoms with Gasteiger partial charge in [-0.1, -0.05) is 57.9 Å². The number of aromatic nitrogens is 1. The van der Waals surface area contributed by atoms with Crippen molar-refractivity contribution < 1.29 is 19.5 Å². The first-order chi connectivity index (χ1) is 18.5. The predicted octanol–water partition coefficient (Wildman–Crippen LogP) is 5.11. The van der Waals surface area contributed by atoms with Crippen LogP contribution < -0.4 is 5.73 Å². The Balaban J connectivity index is 1.61. The van der Waals surface area contributed by atoms with Crippen molar-refractivity contribution >= 4 is 28.8 Å². The number of Topliss-reactive ketones (excluding diaryl/α,β-unsaturated/α-hetero) is 2. The minimum Gasteiger partial charge on any atom is -0.391 e. The Labute approximate surface area is 237 Å². The van der Waals surface area contributed by atoms with Crippen LogP contribution in [0.5, 0.6) is 0 Å². The van der Waals surface area contributed by atoms with E-state index in [4.69, 9.17) is 5.73 Å². The standard InChI is InChI=1S/C31H45N3O4S/c1-21-29(39-20-33-21)23-13-10-22(11-14-23)12-15-28(37)27-18-25(36)19-34(27)30(38)26(31(2,3)4)17-24(35)9-7-5-6-8-16-32/h10-11,13-14,20,25-27,36H,5-9,12,15-19,32H2,1-4H3/t25-,26-,27+/m1/s1. The van der Waals surface area contributed by atoms with Gasteiger partial charge in [0, 0.05) is 38.1 Å². The molecule has 1 aromatic carbocycles. The van der Waals surface area contributed by atoms with Crippen LogP contribution in [0.25, 0.3) is 10.4 Å². The monoisotopic (exact) mass is 555 g/mol. The Bertz CT molecular complexity index is 1110. The molecule has 1 aliphatic rings. The number of ketones is 2. The lowest BCUT2D eigenvalue weighted by Gasteiger charge is -2.34. The van der Waals surface area contributed by atoms with E-state index in [1.165, 1.54) is 0 Å². The molecule has 39 heavy (non-hydrogen) atoms. The average Bonchev–Trinajstić information content (AvgIpc) is 3.50. The van der Waals surface area contributed by atoms with E-state index in [1.807, 2.05) is 45.3 Å². The summed E-state index contributed by atoms with van der Waals surface area (Å²) in [7, 11) is 0. The topological polar surface area (TPSA) is 114 Å². The molecule has 0 aliphatic carbocycles. The molecular formula is C31H45N3O4S. The summed E-state index contributed by atoms with van der Waals surface area (Å²) >= 11 is 1.61. The van der Waals surface area contributed by atoms with Crippen molar-refractivity contribution in [2.24, 2.45) is 17.1 Å². The first-order valence-corrected chi connectivity index (χ1v) is 15.1. The van der Waals surface area contributed by atoms with Crippen molar-refractivity contribution in [1.29, 1.82) is 0 Å². The van der Waals surface area contributed by atoms with Crippen molar-refractivity contribution in [2.75, 3.05) is 13.1 Å². The SMILES string of the molecule is Cc1ncsc1-c1ccc(CCC(=O)[C@@H]2C[C@@H](O)CN2C(=O)[C@@H](CC(=O)CCCCCCN)C(C)(C)C)cc1. The Morgan fingerprint density at radius 2 is 1.79 bits per heavy atom. The number of aliphatic hydroxyl groups excluding tert-OH is 1. The molecule has 0 bridgehead atoms. The Morgan fingerprint density at radius 3 is 2.41 bits per heavy atom. The second-order valence-corrected chi connectivity index (χ2v) is 12.8. The maximum Gasteiger partial charge on any atom is 0.227 e. The Morgan fingerprint density at radius 1 is 1.10 bits per heavy atom. The molecular weight excluding hydrogens is 510 g/mol. The number of β-amino-alcohol motifs (C(OH)–C–C–N with tert-alkyl or cyclic N) is 1. The molecule has 3 atom stereocenters. The summed E-state index contributed by atoms with van der Waals surface area (Å²) in [5.41, 5.74) is 10.1. The van der Waals surface area contributed by atoms with Gasteiger partial charge in [-0.15, -0.1) is 11.3 Å². The molecule has 0 saturated carbocycles. The van der Waals surface area contributed by atoms with Gasteiger partial charge in [0.25, 0.3) is 0 Å². The van der Waals surface area contributed by atoms with E-state index in [1.54, 1.807) is 16.2 Å². The molecule has 3 rings (SSSR count). The molecule has 0 radical (unpaired) electrons. The first-order valence-electron chi connectivity index (χ1n) is 14.2. The zero-order chi connectivity index (χ0) is 28.6. The van der Waals surface area contributed by atoms with Crippen LogP contribution in [0.4, 0.5) is 0 Å². The smallest absolute Gasteiger partial charge is 0.227 e. The summed E-state index contributed by atoms with van der Waals surface area (Å²) in [5, 5.41) is 10.4. The number of rotatable bonds is 14. The molecule has 1 saturated heterocycles. The van der Waals surface area contributed by atoms with Gasteiger partial charge in [0.05, 0.1) is 28.2 Å². The summed E-state index contributed by atoms with van der Waals surface area (Å²) < 4.78 is 0. The van der Waals surface area contributed by atoms with Gasteiger partial charge in [0.2, 0.25) is 5.91 Å². The highest BCUT2D eigenvalue weighted by atomic mass is 32.1. The van der Waals surface area contributed by atoms with Crippen molar-refractivity contribution in [3.05, 3.63) is 41.0 Å². The van der Waals surface area contributed by atoms with Crippen LogP contribution in [0.3, 0.4) is 0 Å². The van der Waals surface area contributed by atoms with Crippen molar-refractivity contribution in [1.82, 2.24) is 9.88 Å². The van der Waals surface area contributed by atoms with Gasteiger partial charge in [0.1, 0.15) is 5.78 Å². The fraction of sp³-hybridized carbons (Fsp3) is 0.613. The van der Waals surface area contributed by atoms with Crippen LogP contribution in [-0.4, -0.2) is 57.7 Å². The molecule has 1 fully saturated rings. The molecule has 214 valence electrons. The Hall–Kier alpha value is -2.42. The number of carbonyl (C=O) groups is 3. The second-order valence-electron chi connectivity index (χ2n) is 11.9. The highest BCUT2D eigenvalue weighted by molar-refractivity contribution is 7.13. The maximum atomic E-state index is 13.7. The van der Waals surface area contributed by atoms with Crippen LogP contribution in [0.2, 0.25) is 0 Å². The van der Waals surface area contributed by atoms with Gasteiger partial charge in [-0.25, -0.2) is 4.98 Å². The number of benzene rings is 1. The van der Waals surface area contributed by atoms with Gasteiger partial charge < -0.3 is 15.7 Å². The molecule has 2 heterocycles. The quantitative estimate of drug-likeness (QED) is 0.313. The lowest BCUT2D eigenvalue weighted by Crippen LogP contribution is -2.47. The Kier molecular flexibility index (Phi) is 11.4. The van der Waals surface area contributed by atoms with Gasteiger partial charge in [-0.05, 0) is 49.3 Å². The number of hydrogen-bond acceptors (Lipinski definition) is 7. The third-order valence-corrected chi connectivity index (χ3v) is 8.72. The fourth-order valence-corrected chi connectivity index (χ4v) is 6.12. The average molecular weight is 556 g/mol. The third kappa shape index (κ3) is 8.78. The minimum atomic E-state index is -0.733. The molecule has 1 aliphatic heterocycles. The van der Waals surface area contributed by atoms with Crippen molar-refractivity contribution in [3.63, 3.8) is 0 Å². The van der Waals surface area contributed by atoms with E-state index in [9.17, 15) is 19.5 Å². The summed E-state index contributed by atoms with van der Waals surface area (Å²) in [6.07, 6.45) is 4.73. The van der Waals surface area contributed by atoms with E-state index < -0.39 is 23.5 Å². The van der Waals surface area contributed by atoms with E-state index in [0.717, 1.165) is 47.4 Å². The molecule has 7 nitrogen and oxygen atoms in total. The molecule has 1 aromatic heterocycles. The second kappa shape index (κ2) is 14.3. The molecule has 2 aromatic rings. The molecule has 8 heteroatoms. The lowest BCUT2D eigenvalue weighted by atomic mass is 9.76. The van der Waals surface area contributed by atoms with E-state index in [0.29, 0.717) is 25.8 Å². The minimum absolute atomic E-state index is 0.0406. The van der Waals surface area contributed by atoms with Crippen molar-refractivity contribution in [3.8, 4) is 10.4 Å². The summed E-state index contributed by atoms with van der Waals surface area (Å²) in [4.78, 5) is 46.9. The maximum absolute atomic E-state index is 13.7. The normalized spacial score (nSPS) is 18.4. The number of likely N-dealkylation sites (tertiary alicyclic amines) is 1. The van der Waals surface area contributed by atoms with Crippen LogP contribution in [0.15, 0.2) is 29.8 Å². The highest BCUT2D eigenvalue weighted by Gasteiger charge is 2.43. The lowest BCUT2D eigenvalue weighted by molar-refractivity contribution is -0.145. The third-order valence-electron chi connectivity index (χ3n) is 7.74. The molecule has 3 N–H and O–H groups in total. The van der Waals surface area contributed by atoms with Gasteiger partial charge in [-0.3, -0.25) is 14.4 Å². The number of carbonyl (C=O) groups excluding carboxylic acids is 3. The number of thiazole rings is 1. The van der Waals surface area contributed by atoms with E-state index >= 15 is 0 Å². The van der Waals surface area contributed by atoms with Crippen molar-refractivity contribution in [2.45, 2.75) is 97.6 Å². The summed E-state index contributed by atoms with van der Waals surface area (Å²) in [5.74, 6) is -0.688. The zero-order valence-electron chi connectivity index (χ0n) is 23.9. The van der Waals surface area contributed by atoms with Crippen LogP contribution in [0.1, 0.15) is 83.4 Å². The predicted molar refractivity (Wildman–Crippen MR) is 156 cm³/mol. The van der Waals surface area contributed by atoms with Crippen LogP contribution >= 0.6 is 11.3 Å². The molecule has 0 unspecified atom stereocenters. The number of hydrogen-bond donors (Lipinski definition) is 2. The van der Waals surface area contributed by atoms with E-state index in [2.05, 4.69) is 17.1 Å². The zero-order valence-corrected chi connectivity index (χ0v) is 24.8. The number of unbranched alkanes of at least 4 members (excludes halogenated alkanes) is 3. The van der Waals surface area contributed by atoms with Gasteiger partial charge in [-0.2, -0.15) is 0 Å². The largest absolute Gasteiger partial charge is 0.391 e. The fourth-order valence-electron chi connectivity index (χ4n) is 5.31.